The van der Waals surface area contributed by atoms with Crippen molar-refractivity contribution in [2.75, 3.05) is 0 Å². The lowest BCUT2D eigenvalue weighted by atomic mass is 10.2. The molecule has 0 unspecified atom stereocenters. The molecule has 0 aliphatic rings. The molecule has 1 amide bonds. The summed E-state index contributed by atoms with van der Waals surface area (Å²) in [5.41, 5.74) is 3.15. The molecule has 0 saturated carbocycles. The van der Waals surface area contributed by atoms with E-state index in [0.717, 1.165) is 11.6 Å². The predicted octanol–water partition coefficient (Wildman–Crippen LogP) is 2.98. The highest BCUT2D eigenvalue weighted by molar-refractivity contribution is 7.89. The van der Waals surface area contributed by atoms with Crippen LogP contribution in [0, 0.1) is 0 Å². The van der Waals surface area contributed by atoms with Crippen LogP contribution in [0.5, 0.6) is 0 Å². The van der Waals surface area contributed by atoms with E-state index in [0.29, 0.717) is 5.03 Å². The third-order valence-corrected chi connectivity index (χ3v) is 4.56. The first-order valence-electron chi connectivity index (χ1n) is 6.85. The quantitative estimate of drug-likeness (QED) is 0.598. The average Bonchev–Trinajstić information content (AvgIpc) is 2.55. The lowest BCUT2D eigenvalue weighted by Crippen LogP contribution is -2.19. The molecule has 2 aromatic rings. The molecule has 0 aliphatic carbocycles. The lowest BCUT2D eigenvalue weighted by molar-refractivity contribution is 0.0955. The predicted molar refractivity (Wildman–Crippen MR) is 99.1 cm³/mol. The van der Waals surface area contributed by atoms with Gasteiger partial charge in [0.2, 0.25) is 10.0 Å². The molecule has 9 heteroatoms. The minimum atomic E-state index is -4.04. The van der Waals surface area contributed by atoms with E-state index in [-0.39, 0.29) is 15.5 Å². The fourth-order valence-electron chi connectivity index (χ4n) is 1.83. The van der Waals surface area contributed by atoms with Crippen LogP contribution in [0.15, 0.2) is 63.6 Å². The fraction of sp³-hybridized carbons (Fsp3) is 0. The second-order valence-corrected chi connectivity index (χ2v) is 7.20. The van der Waals surface area contributed by atoms with Crippen LogP contribution in [0.3, 0.4) is 0 Å². The smallest absolute Gasteiger partial charge is 0.267 e. The number of primary sulfonamides is 1. The fourth-order valence-corrected chi connectivity index (χ4v) is 3.07. The lowest BCUT2D eigenvalue weighted by Gasteiger charge is -2.04. The van der Waals surface area contributed by atoms with Crippen molar-refractivity contribution in [3.8, 4) is 0 Å². The maximum atomic E-state index is 12.0. The van der Waals surface area contributed by atoms with Crippen molar-refractivity contribution in [3.05, 3.63) is 69.7 Å². The second-order valence-electron chi connectivity index (χ2n) is 4.83. The zero-order valence-corrected chi connectivity index (χ0v) is 15.0. The highest BCUT2D eigenvalue weighted by Gasteiger charge is 2.16. The van der Waals surface area contributed by atoms with Gasteiger partial charge in [-0.3, -0.25) is 4.79 Å². The molecule has 0 radical (unpaired) electrons. The summed E-state index contributed by atoms with van der Waals surface area (Å²) in [6, 6.07) is 13.0. The molecular formula is C16H13Cl2N3O3S. The number of rotatable bonds is 5. The Balaban J connectivity index is 2.09. The summed E-state index contributed by atoms with van der Waals surface area (Å²) in [4.78, 5) is 11.7. The van der Waals surface area contributed by atoms with E-state index < -0.39 is 15.9 Å². The molecular weight excluding hydrogens is 385 g/mol. The second kappa shape index (κ2) is 8.26. The van der Waals surface area contributed by atoms with Gasteiger partial charge < -0.3 is 0 Å². The zero-order valence-electron chi connectivity index (χ0n) is 12.7. The minimum Gasteiger partial charge on any atom is -0.267 e. The van der Waals surface area contributed by atoms with E-state index in [1.165, 1.54) is 18.3 Å². The zero-order chi connectivity index (χ0) is 18.4. The van der Waals surface area contributed by atoms with Gasteiger partial charge in [-0.05, 0) is 29.8 Å². The Bertz CT molecular complexity index is 942. The molecule has 2 aromatic carbocycles. The van der Waals surface area contributed by atoms with E-state index in [9.17, 15) is 13.2 Å². The number of hydrogen-bond acceptors (Lipinski definition) is 4. The van der Waals surface area contributed by atoms with Crippen LogP contribution < -0.4 is 10.6 Å². The molecule has 25 heavy (non-hydrogen) atoms. The summed E-state index contributed by atoms with van der Waals surface area (Å²) in [5, 5.41) is 8.99. The van der Waals surface area contributed by atoms with Gasteiger partial charge in [0.25, 0.3) is 5.91 Å². The average molecular weight is 398 g/mol. The van der Waals surface area contributed by atoms with Crippen molar-refractivity contribution in [1.82, 2.24) is 5.43 Å². The number of hydrazone groups is 1. The highest BCUT2D eigenvalue weighted by atomic mass is 35.5. The Kier molecular flexibility index (Phi) is 6.33. The SMILES string of the molecule is NS(=O)(=O)c1cc(C(=O)N/N=C/C(Cl)=C/c2ccccc2)ccc1Cl. The summed E-state index contributed by atoms with van der Waals surface area (Å²) in [6.45, 7) is 0. The minimum absolute atomic E-state index is 0.0359. The van der Waals surface area contributed by atoms with Crippen LogP contribution in [0.2, 0.25) is 5.02 Å². The number of sulfonamides is 1. The number of carbonyl (C=O) groups excluding carboxylic acids is 1. The van der Waals surface area contributed by atoms with Crippen molar-refractivity contribution in [2.45, 2.75) is 4.90 Å². The molecule has 0 saturated heterocycles. The van der Waals surface area contributed by atoms with Gasteiger partial charge >= 0.3 is 0 Å². The van der Waals surface area contributed by atoms with Gasteiger partial charge in [0.05, 0.1) is 16.3 Å². The van der Waals surface area contributed by atoms with Crippen molar-refractivity contribution in [3.63, 3.8) is 0 Å². The maximum absolute atomic E-state index is 12.0. The van der Waals surface area contributed by atoms with Gasteiger partial charge in [0.1, 0.15) is 4.90 Å². The molecule has 0 bridgehead atoms. The number of nitrogens with zero attached hydrogens (tertiary/aromatic N) is 1. The number of nitrogens with one attached hydrogen (secondary N) is 1. The third kappa shape index (κ3) is 5.68. The van der Waals surface area contributed by atoms with E-state index in [1.54, 1.807) is 6.08 Å². The Morgan fingerprint density at radius 3 is 2.48 bits per heavy atom. The van der Waals surface area contributed by atoms with Crippen LogP contribution in [0.1, 0.15) is 15.9 Å². The number of amides is 1. The number of benzene rings is 2. The largest absolute Gasteiger partial charge is 0.271 e. The number of halogens is 2. The monoisotopic (exact) mass is 397 g/mol. The van der Waals surface area contributed by atoms with Crippen molar-refractivity contribution < 1.29 is 13.2 Å². The first-order chi connectivity index (χ1) is 11.8. The summed E-state index contributed by atoms with van der Waals surface area (Å²) < 4.78 is 22.8. The van der Waals surface area contributed by atoms with Gasteiger partial charge in [-0.1, -0.05) is 53.5 Å². The van der Waals surface area contributed by atoms with Gasteiger partial charge in [-0.25, -0.2) is 19.0 Å². The summed E-state index contributed by atoms with van der Waals surface area (Å²) in [6.07, 6.45) is 2.92. The Hall–Kier alpha value is -2.19. The van der Waals surface area contributed by atoms with E-state index in [4.69, 9.17) is 28.3 Å². The summed E-state index contributed by atoms with van der Waals surface area (Å²) in [5.74, 6) is -0.637. The van der Waals surface area contributed by atoms with E-state index in [1.807, 2.05) is 30.3 Å². The molecule has 2 rings (SSSR count). The van der Waals surface area contributed by atoms with Gasteiger partial charge in [0.15, 0.2) is 0 Å². The Labute approximate surface area is 155 Å². The highest BCUT2D eigenvalue weighted by Crippen LogP contribution is 2.21. The molecule has 0 spiro atoms. The molecule has 0 fully saturated rings. The van der Waals surface area contributed by atoms with Crippen LogP contribution >= 0.6 is 23.2 Å². The summed E-state index contributed by atoms with van der Waals surface area (Å²) in [7, 11) is -4.04. The normalized spacial score (nSPS) is 12.4. The molecule has 0 aromatic heterocycles. The Morgan fingerprint density at radius 2 is 1.84 bits per heavy atom. The standard InChI is InChI=1S/C16H13Cl2N3O3S/c17-13(8-11-4-2-1-3-5-11)10-20-21-16(22)12-6-7-14(18)15(9-12)25(19,23)24/h1-10H,(H,21,22)(H2,19,23,24)/b13-8-,20-10+. The Morgan fingerprint density at radius 1 is 1.16 bits per heavy atom. The number of hydrogen-bond donors (Lipinski definition) is 2. The molecule has 0 aliphatic heterocycles. The van der Waals surface area contributed by atoms with Crippen LogP contribution in [0.4, 0.5) is 0 Å². The molecule has 0 heterocycles. The van der Waals surface area contributed by atoms with Gasteiger partial charge in [0, 0.05) is 5.56 Å². The third-order valence-electron chi connectivity index (χ3n) is 2.96. The topological polar surface area (TPSA) is 102 Å². The van der Waals surface area contributed by atoms with Crippen LogP contribution in [-0.2, 0) is 10.0 Å². The van der Waals surface area contributed by atoms with Crippen molar-refractivity contribution >= 4 is 51.4 Å². The number of allylic oxidation sites excluding steroid dienone is 1. The van der Waals surface area contributed by atoms with Gasteiger partial charge in [-0.15, -0.1) is 0 Å². The number of nitrogens with two attached hydrogens (primary N) is 1. The summed E-state index contributed by atoms with van der Waals surface area (Å²) >= 11 is 11.8. The molecule has 6 nitrogen and oxygen atoms in total. The van der Waals surface area contributed by atoms with Crippen LogP contribution in [-0.4, -0.2) is 20.5 Å². The number of carbonyl (C=O) groups is 1. The van der Waals surface area contributed by atoms with Crippen molar-refractivity contribution in [2.24, 2.45) is 10.2 Å². The molecule has 130 valence electrons. The maximum Gasteiger partial charge on any atom is 0.271 e. The van der Waals surface area contributed by atoms with Gasteiger partial charge in [-0.2, -0.15) is 5.10 Å². The van der Waals surface area contributed by atoms with Crippen molar-refractivity contribution in [1.29, 1.82) is 0 Å². The molecule has 0 atom stereocenters. The first-order valence-corrected chi connectivity index (χ1v) is 9.15. The van der Waals surface area contributed by atoms with E-state index in [2.05, 4.69) is 10.5 Å². The first kappa shape index (κ1) is 19.1. The van der Waals surface area contributed by atoms with E-state index >= 15 is 0 Å². The van der Waals surface area contributed by atoms with Crippen LogP contribution in [0.25, 0.3) is 6.08 Å². The molecule has 3 N–H and O–H groups in total.